The first-order chi connectivity index (χ1) is 8.56. The summed E-state index contributed by atoms with van der Waals surface area (Å²) in [6.07, 6.45) is 1.95. The van der Waals surface area contributed by atoms with Crippen molar-refractivity contribution in [2.45, 2.75) is 46.6 Å². The Balaban J connectivity index is 2.04. The van der Waals surface area contributed by atoms with E-state index in [1.54, 1.807) is 0 Å². The van der Waals surface area contributed by atoms with Crippen LogP contribution in [0.15, 0.2) is 16.5 Å². The molecular weight excluding hydrogens is 224 g/mol. The quantitative estimate of drug-likeness (QED) is 0.822. The summed E-state index contributed by atoms with van der Waals surface area (Å²) in [6.45, 7) is 9.49. The van der Waals surface area contributed by atoms with Crippen molar-refractivity contribution < 1.29 is 4.42 Å². The van der Waals surface area contributed by atoms with Gasteiger partial charge in [-0.15, -0.1) is 0 Å². The summed E-state index contributed by atoms with van der Waals surface area (Å²) < 4.78 is 5.82. The van der Waals surface area contributed by atoms with E-state index in [4.69, 9.17) is 4.42 Å². The number of oxazole rings is 1. The van der Waals surface area contributed by atoms with Crippen LogP contribution < -0.4 is 5.32 Å². The predicted molar refractivity (Wildman–Crippen MR) is 74.9 cm³/mol. The fraction of sp³-hybridized carbons (Fsp3) is 0.533. The van der Waals surface area contributed by atoms with E-state index < -0.39 is 0 Å². The number of hydrogen-bond donors (Lipinski definition) is 1. The first-order valence-electron chi connectivity index (χ1n) is 6.66. The van der Waals surface area contributed by atoms with Gasteiger partial charge in [0.2, 0.25) is 0 Å². The van der Waals surface area contributed by atoms with Crippen molar-refractivity contribution in [2.75, 3.05) is 6.54 Å². The summed E-state index contributed by atoms with van der Waals surface area (Å²) in [4.78, 5) is 4.56. The molecule has 0 bridgehead atoms. The minimum Gasteiger partial charge on any atom is -0.440 e. The average molecular weight is 246 g/mol. The lowest BCUT2D eigenvalue weighted by Gasteiger charge is -2.05. The van der Waals surface area contributed by atoms with Gasteiger partial charge in [0, 0.05) is 12.5 Å². The molecule has 0 unspecified atom stereocenters. The fourth-order valence-electron chi connectivity index (χ4n) is 2.16. The molecule has 1 heterocycles. The first kappa shape index (κ1) is 13.1. The lowest BCUT2D eigenvalue weighted by molar-refractivity contribution is 0.499. The van der Waals surface area contributed by atoms with Crippen LogP contribution in [0.3, 0.4) is 0 Å². The smallest absolute Gasteiger partial charge is 0.195 e. The monoisotopic (exact) mass is 246 g/mol. The molecule has 98 valence electrons. The molecule has 0 aliphatic carbocycles. The van der Waals surface area contributed by atoms with E-state index >= 15 is 0 Å². The van der Waals surface area contributed by atoms with Gasteiger partial charge in [-0.1, -0.05) is 19.9 Å². The average Bonchev–Trinajstić information content (AvgIpc) is 2.67. The van der Waals surface area contributed by atoms with E-state index in [-0.39, 0.29) is 0 Å². The van der Waals surface area contributed by atoms with Crippen LogP contribution in [0.25, 0.3) is 11.1 Å². The molecule has 1 N–H and O–H groups in total. The first-order valence-corrected chi connectivity index (χ1v) is 6.66. The van der Waals surface area contributed by atoms with E-state index in [9.17, 15) is 0 Å². The van der Waals surface area contributed by atoms with Crippen LogP contribution in [-0.2, 0) is 6.42 Å². The zero-order valence-electron chi connectivity index (χ0n) is 11.7. The lowest BCUT2D eigenvalue weighted by Crippen LogP contribution is -2.23. The standard InChI is InChI=1S/C15H22N2O/c1-10(2)16-7-5-6-14-17-13-9-11(3)8-12(4)15(13)18-14/h8-10,16H,5-7H2,1-4H3. The van der Waals surface area contributed by atoms with Crippen LogP contribution in [0.1, 0.15) is 37.3 Å². The van der Waals surface area contributed by atoms with Gasteiger partial charge >= 0.3 is 0 Å². The van der Waals surface area contributed by atoms with E-state index in [1.807, 2.05) is 0 Å². The van der Waals surface area contributed by atoms with Gasteiger partial charge in [-0.3, -0.25) is 0 Å². The van der Waals surface area contributed by atoms with Gasteiger partial charge in [0.15, 0.2) is 11.5 Å². The highest BCUT2D eigenvalue weighted by Gasteiger charge is 2.08. The maximum atomic E-state index is 5.82. The Bertz CT molecular complexity index is 529. The molecule has 0 saturated carbocycles. The van der Waals surface area contributed by atoms with Crippen molar-refractivity contribution in [3.8, 4) is 0 Å². The molecule has 0 amide bonds. The molecule has 3 heteroatoms. The molecule has 1 aromatic heterocycles. The van der Waals surface area contributed by atoms with Crippen molar-refractivity contribution in [1.29, 1.82) is 0 Å². The Morgan fingerprint density at radius 1 is 1.28 bits per heavy atom. The molecule has 0 aliphatic heterocycles. The molecule has 2 aromatic rings. The number of aryl methyl sites for hydroxylation is 3. The fourth-order valence-corrected chi connectivity index (χ4v) is 2.16. The van der Waals surface area contributed by atoms with Gasteiger partial charge < -0.3 is 9.73 Å². The third kappa shape index (κ3) is 3.10. The topological polar surface area (TPSA) is 38.1 Å². The number of aromatic nitrogens is 1. The van der Waals surface area contributed by atoms with Gasteiger partial charge in [0.1, 0.15) is 5.52 Å². The molecular formula is C15H22N2O. The maximum Gasteiger partial charge on any atom is 0.195 e. The molecule has 0 fully saturated rings. The third-order valence-electron chi connectivity index (χ3n) is 2.98. The highest BCUT2D eigenvalue weighted by molar-refractivity contribution is 5.77. The molecule has 18 heavy (non-hydrogen) atoms. The highest BCUT2D eigenvalue weighted by Crippen LogP contribution is 2.21. The predicted octanol–water partition coefficient (Wildman–Crippen LogP) is 3.38. The van der Waals surface area contributed by atoms with Gasteiger partial charge in [-0.2, -0.15) is 0 Å². The van der Waals surface area contributed by atoms with Gasteiger partial charge in [0.05, 0.1) is 0 Å². The second-order valence-corrected chi connectivity index (χ2v) is 5.25. The Morgan fingerprint density at radius 3 is 2.78 bits per heavy atom. The van der Waals surface area contributed by atoms with Crippen molar-refractivity contribution in [3.63, 3.8) is 0 Å². The summed E-state index contributed by atoms with van der Waals surface area (Å²) in [5.74, 6) is 0.851. The zero-order valence-corrected chi connectivity index (χ0v) is 11.7. The van der Waals surface area contributed by atoms with Gasteiger partial charge in [-0.05, 0) is 44.0 Å². The van der Waals surface area contributed by atoms with Crippen molar-refractivity contribution >= 4 is 11.1 Å². The molecule has 0 radical (unpaired) electrons. The Kier molecular flexibility index (Phi) is 4.02. The van der Waals surface area contributed by atoms with Crippen molar-refractivity contribution in [3.05, 3.63) is 29.2 Å². The minimum absolute atomic E-state index is 0.540. The summed E-state index contributed by atoms with van der Waals surface area (Å²) in [6, 6.07) is 4.76. The molecule has 0 saturated heterocycles. The van der Waals surface area contributed by atoms with Crippen molar-refractivity contribution in [2.24, 2.45) is 0 Å². The molecule has 3 nitrogen and oxygen atoms in total. The number of hydrogen-bond acceptors (Lipinski definition) is 3. The number of benzene rings is 1. The van der Waals surface area contributed by atoms with Gasteiger partial charge in [0.25, 0.3) is 0 Å². The van der Waals surface area contributed by atoms with Crippen LogP contribution in [-0.4, -0.2) is 17.6 Å². The molecule has 2 rings (SSSR count). The number of rotatable bonds is 5. The zero-order chi connectivity index (χ0) is 13.1. The van der Waals surface area contributed by atoms with Crippen LogP contribution in [0.4, 0.5) is 0 Å². The van der Waals surface area contributed by atoms with E-state index in [1.165, 1.54) is 11.1 Å². The normalized spacial score (nSPS) is 11.6. The Hall–Kier alpha value is -1.35. The van der Waals surface area contributed by atoms with E-state index in [2.05, 4.69) is 50.1 Å². The van der Waals surface area contributed by atoms with Gasteiger partial charge in [-0.25, -0.2) is 4.98 Å². The van der Waals surface area contributed by atoms with E-state index in [0.717, 1.165) is 36.4 Å². The third-order valence-corrected chi connectivity index (χ3v) is 2.98. The number of nitrogens with zero attached hydrogens (tertiary/aromatic N) is 1. The summed E-state index contributed by atoms with van der Waals surface area (Å²) in [7, 11) is 0. The summed E-state index contributed by atoms with van der Waals surface area (Å²) in [5, 5.41) is 3.40. The Morgan fingerprint density at radius 2 is 2.06 bits per heavy atom. The SMILES string of the molecule is Cc1cc(C)c2oc(CCCNC(C)C)nc2c1. The summed E-state index contributed by atoms with van der Waals surface area (Å²) >= 11 is 0. The molecule has 0 spiro atoms. The Labute approximate surface area is 109 Å². The molecule has 1 aromatic carbocycles. The second kappa shape index (κ2) is 5.53. The number of nitrogens with one attached hydrogen (secondary N) is 1. The highest BCUT2D eigenvalue weighted by atomic mass is 16.3. The van der Waals surface area contributed by atoms with E-state index in [0.29, 0.717) is 6.04 Å². The van der Waals surface area contributed by atoms with Crippen molar-refractivity contribution in [1.82, 2.24) is 10.3 Å². The van der Waals surface area contributed by atoms with Crippen LogP contribution >= 0.6 is 0 Å². The van der Waals surface area contributed by atoms with Crippen LogP contribution in [0.2, 0.25) is 0 Å². The van der Waals surface area contributed by atoms with Crippen LogP contribution in [0, 0.1) is 13.8 Å². The number of fused-ring (bicyclic) bond motifs is 1. The summed E-state index contributed by atoms with van der Waals surface area (Å²) in [5.41, 5.74) is 4.33. The lowest BCUT2D eigenvalue weighted by atomic mass is 10.1. The molecule has 0 aliphatic rings. The van der Waals surface area contributed by atoms with Crippen LogP contribution in [0.5, 0.6) is 0 Å². The molecule has 0 atom stereocenters. The minimum atomic E-state index is 0.540. The largest absolute Gasteiger partial charge is 0.440 e. The second-order valence-electron chi connectivity index (χ2n) is 5.25. The maximum absolute atomic E-state index is 5.82.